The Kier molecular flexibility index (Phi) is 2.47. The highest BCUT2D eigenvalue weighted by atomic mass is 19.3. The Morgan fingerprint density at radius 3 is 2.58 bits per heavy atom. The molecule has 1 aromatic carbocycles. The molecule has 0 saturated carbocycles. The van der Waals surface area contributed by atoms with Gasteiger partial charge in [0, 0.05) is 24.0 Å². The van der Waals surface area contributed by atoms with E-state index in [1.165, 1.54) is 12.1 Å². The molecule has 0 atom stereocenters. The minimum absolute atomic E-state index is 0.0579. The topological polar surface area (TPSA) is 38.0 Å². The highest BCUT2D eigenvalue weighted by Crippen LogP contribution is 2.28. The summed E-state index contributed by atoms with van der Waals surface area (Å²) in [4.78, 5) is 0. The van der Waals surface area contributed by atoms with Crippen LogP contribution in [0, 0.1) is 0 Å². The van der Waals surface area contributed by atoms with E-state index in [0.29, 0.717) is 11.4 Å². The highest BCUT2D eigenvalue weighted by molar-refractivity contribution is 5.58. The molecule has 66 valence electrons. The van der Waals surface area contributed by atoms with Crippen molar-refractivity contribution in [1.29, 1.82) is 0 Å². The van der Waals surface area contributed by atoms with Crippen LogP contribution in [0.5, 0.6) is 0 Å². The van der Waals surface area contributed by atoms with E-state index < -0.39 is 6.43 Å². The van der Waals surface area contributed by atoms with E-state index >= 15 is 0 Å². The first-order chi connectivity index (χ1) is 5.65. The Labute approximate surface area is 69.4 Å². The van der Waals surface area contributed by atoms with Crippen molar-refractivity contribution in [3.63, 3.8) is 0 Å². The van der Waals surface area contributed by atoms with E-state index in [2.05, 4.69) is 5.32 Å². The van der Waals surface area contributed by atoms with Gasteiger partial charge in [0.15, 0.2) is 0 Å². The maximum atomic E-state index is 12.3. The molecule has 4 heteroatoms. The first kappa shape index (κ1) is 8.77. The first-order valence-corrected chi connectivity index (χ1v) is 3.50. The van der Waals surface area contributed by atoms with Gasteiger partial charge in [-0.1, -0.05) is 0 Å². The quantitative estimate of drug-likeness (QED) is 0.671. The van der Waals surface area contributed by atoms with Crippen molar-refractivity contribution in [3.8, 4) is 0 Å². The fourth-order valence-corrected chi connectivity index (χ4v) is 0.989. The second-order valence-corrected chi connectivity index (χ2v) is 2.40. The Bertz CT molecular complexity index is 274. The number of benzene rings is 1. The average Bonchev–Trinajstić information content (AvgIpc) is 2.04. The molecule has 0 bridgehead atoms. The number of nitrogen functional groups attached to an aromatic ring is 1. The second kappa shape index (κ2) is 3.38. The number of hydrogen-bond donors (Lipinski definition) is 2. The van der Waals surface area contributed by atoms with Crippen molar-refractivity contribution in [1.82, 2.24) is 0 Å². The zero-order chi connectivity index (χ0) is 9.14. The molecule has 0 fully saturated rings. The number of alkyl halides is 2. The number of anilines is 2. The summed E-state index contributed by atoms with van der Waals surface area (Å²) >= 11 is 0. The molecular weight excluding hydrogens is 162 g/mol. The van der Waals surface area contributed by atoms with Crippen LogP contribution in [0.25, 0.3) is 0 Å². The van der Waals surface area contributed by atoms with Gasteiger partial charge in [-0.2, -0.15) is 0 Å². The van der Waals surface area contributed by atoms with Gasteiger partial charge >= 0.3 is 0 Å². The van der Waals surface area contributed by atoms with E-state index in [9.17, 15) is 8.78 Å². The molecule has 0 saturated heterocycles. The molecule has 12 heavy (non-hydrogen) atoms. The zero-order valence-electron chi connectivity index (χ0n) is 6.64. The Morgan fingerprint density at radius 1 is 1.42 bits per heavy atom. The molecule has 0 unspecified atom stereocenters. The van der Waals surface area contributed by atoms with Gasteiger partial charge in [-0.05, 0) is 18.2 Å². The monoisotopic (exact) mass is 172 g/mol. The number of nitrogens with two attached hydrogens (primary N) is 1. The Morgan fingerprint density at radius 2 is 2.08 bits per heavy atom. The van der Waals surface area contributed by atoms with Crippen molar-refractivity contribution in [2.45, 2.75) is 6.43 Å². The average molecular weight is 172 g/mol. The largest absolute Gasteiger partial charge is 0.399 e. The summed E-state index contributed by atoms with van der Waals surface area (Å²) in [7, 11) is 1.59. The minimum Gasteiger partial charge on any atom is -0.399 e. The van der Waals surface area contributed by atoms with E-state index in [1.807, 2.05) is 0 Å². The summed E-state index contributed by atoms with van der Waals surface area (Å²) in [5, 5.41) is 2.67. The number of hydrogen-bond acceptors (Lipinski definition) is 2. The molecule has 3 N–H and O–H groups in total. The second-order valence-electron chi connectivity index (χ2n) is 2.40. The lowest BCUT2D eigenvalue weighted by Crippen LogP contribution is -1.97. The van der Waals surface area contributed by atoms with Crippen LogP contribution in [0.3, 0.4) is 0 Å². The summed E-state index contributed by atoms with van der Waals surface area (Å²) in [6, 6.07) is 4.39. The van der Waals surface area contributed by atoms with Gasteiger partial charge in [-0.15, -0.1) is 0 Å². The SMILES string of the molecule is CNc1ccc(N)cc1C(F)F. The Balaban J connectivity index is 3.12. The molecule has 0 radical (unpaired) electrons. The maximum Gasteiger partial charge on any atom is 0.265 e. The van der Waals surface area contributed by atoms with Gasteiger partial charge in [0.25, 0.3) is 6.43 Å². The summed E-state index contributed by atoms with van der Waals surface area (Å²) in [6.45, 7) is 0. The predicted molar refractivity (Wildman–Crippen MR) is 45.4 cm³/mol. The number of halogens is 2. The first-order valence-electron chi connectivity index (χ1n) is 3.50. The van der Waals surface area contributed by atoms with Crippen LogP contribution in [-0.4, -0.2) is 7.05 Å². The fourth-order valence-electron chi connectivity index (χ4n) is 0.989. The third-order valence-corrected chi connectivity index (χ3v) is 1.58. The lowest BCUT2D eigenvalue weighted by atomic mass is 10.1. The van der Waals surface area contributed by atoms with Crippen LogP contribution in [0.15, 0.2) is 18.2 Å². The smallest absolute Gasteiger partial charge is 0.265 e. The lowest BCUT2D eigenvalue weighted by Gasteiger charge is -2.08. The minimum atomic E-state index is -2.49. The van der Waals surface area contributed by atoms with Crippen molar-refractivity contribution in [2.75, 3.05) is 18.1 Å². The Hall–Kier alpha value is -1.32. The van der Waals surface area contributed by atoms with Gasteiger partial charge in [0.05, 0.1) is 0 Å². The molecular formula is C8H10F2N2. The van der Waals surface area contributed by atoms with Crippen LogP contribution >= 0.6 is 0 Å². The van der Waals surface area contributed by atoms with Crippen LogP contribution in [0.4, 0.5) is 20.2 Å². The van der Waals surface area contributed by atoms with E-state index in [4.69, 9.17) is 5.73 Å². The molecule has 0 amide bonds. The normalized spacial score (nSPS) is 10.3. The van der Waals surface area contributed by atoms with Gasteiger partial charge in [-0.3, -0.25) is 0 Å². The fraction of sp³-hybridized carbons (Fsp3) is 0.250. The summed E-state index contributed by atoms with van der Waals surface area (Å²) < 4.78 is 24.6. The van der Waals surface area contributed by atoms with Gasteiger partial charge in [0.1, 0.15) is 0 Å². The lowest BCUT2D eigenvalue weighted by molar-refractivity contribution is 0.152. The predicted octanol–water partition coefficient (Wildman–Crippen LogP) is 2.25. The maximum absolute atomic E-state index is 12.3. The third kappa shape index (κ3) is 1.64. The van der Waals surface area contributed by atoms with E-state index in [1.54, 1.807) is 13.1 Å². The van der Waals surface area contributed by atoms with E-state index in [-0.39, 0.29) is 5.56 Å². The number of nitrogens with one attached hydrogen (secondary N) is 1. The van der Waals surface area contributed by atoms with Crippen molar-refractivity contribution in [3.05, 3.63) is 23.8 Å². The van der Waals surface area contributed by atoms with E-state index in [0.717, 1.165) is 0 Å². The van der Waals surface area contributed by atoms with Crippen LogP contribution in [0.2, 0.25) is 0 Å². The molecule has 2 nitrogen and oxygen atoms in total. The summed E-state index contributed by atoms with van der Waals surface area (Å²) in [6.07, 6.45) is -2.49. The molecule has 0 aliphatic heterocycles. The molecule has 1 aromatic rings. The third-order valence-electron chi connectivity index (χ3n) is 1.58. The summed E-state index contributed by atoms with van der Waals surface area (Å²) in [5.74, 6) is 0. The van der Waals surface area contributed by atoms with Gasteiger partial charge in [-0.25, -0.2) is 8.78 Å². The molecule has 0 aliphatic carbocycles. The van der Waals surface area contributed by atoms with Crippen molar-refractivity contribution >= 4 is 11.4 Å². The molecule has 0 aromatic heterocycles. The van der Waals surface area contributed by atoms with Crippen LogP contribution < -0.4 is 11.1 Å². The van der Waals surface area contributed by atoms with Crippen LogP contribution in [-0.2, 0) is 0 Å². The van der Waals surface area contributed by atoms with Crippen molar-refractivity contribution < 1.29 is 8.78 Å². The molecule has 0 aliphatic rings. The van der Waals surface area contributed by atoms with Crippen LogP contribution in [0.1, 0.15) is 12.0 Å². The molecule has 0 heterocycles. The highest BCUT2D eigenvalue weighted by Gasteiger charge is 2.11. The standard InChI is InChI=1S/C8H10F2N2/c1-12-7-3-2-5(11)4-6(7)8(9)10/h2-4,8,12H,11H2,1H3. The molecule has 0 spiro atoms. The van der Waals surface area contributed by atoms with Crippen molar-refractivity contribution in [2.24, 2.45) is 0 Å². The van der Waals surface area contributed by atoms with Gasteiger partial charge < -0.3 is 11.1 Å². The van der Waals surface area contributed by atoms with Gasteiger partial charge in [0.2, 0.25) is 0 Å². The zero-order valence-corrected chi connectivity index (χ0v) is 6.64. The molecule has 1 rings (SSSR count). The number of rotatable bonds is 2. The summed E-state index contributed by atoms with van der Waals surface area (Å²) in [5.41, 5.74) is 6.07.